The van der Waals surface area contributed by atoms with Gasteiger partial charge in [0.05, 0.1) is 11.4 Å². The third kappa shape index (κ3) is 9.44. The lowest BCUT2D eigenvalue weighted by Gasteiger charge is -2.10. The maximum Gasteiger partial charge on any atom is 0.405 e. The van der Waals surface area contributed by atoms with E-state index < -0.39 is 12.7 Å². The zero-order valence-electron chi connectivity index (χ0n) is 11.1. The number of nitrogens with zero attached hydrogens (tertiary/aromatic N) is 2. The lowest BCUT2D eigenvalue weighted by atomic mass is 10.3. The Balaban J connectivity index is 4.30. The highest BCUT2D eigenvalue weighted by Crippen LogP contribution is 2.11. The molecule has 0 aromatic rings. The molecule has 6 nitrogen and oxygen atoms in total. The van der Waals surface area contributed by atoms with Crippen LogP contribution in [-0.2, 0) is 0 Å². The zero-order valence-corrected chi connectivity index (χ0v) is 12.7. The van der Waals surface area contributed by atoms with Gasteiger partial charge in [-0.3, -0.25) is 10.9 Å². The summed E-state index contributed by atoms with van der Waals surface area (Å²) in [6, 6.07) is 0. The molecule has 0 unspecified atom stereocenters. The van der Waals surface area contributed by atoms with Crippen molar-refractivity contribution in [3.05, 3.63) is 0 Å². The fourth-order valence-corrected chi connectivity index (χ4v) is 0.870. The number of halogens is 3. The highest BCUT2D eigenvalue weighted by Gasteiger charge is 2.26. The van der Waals surface area contributed by atoms with Gasteiger partial charge < -0.3 is 10.6 Å². The van der Waals surface area contributed by atoms with Gasteiger partial charge in [0.2, 0.25) is 0 Å². The van der Waals surface area contributed by atoms with Crippen molar-refractivity contribution in [3.63, 3.8) is 0 Å². The van der Waals surface area contributed by atoms with Crippen LogP contribution in [0.2, 0.25) is 0 Å². The number of hydrazone groups is 2. The number of nitrogens with one attached hydrogen (secondary N) is 4. The summed E-state index contributed by atoms with van der Waals surface area (Å²) in [6.07, 6.45) is -4.34. The average molecular weight is 328 g/mol. The SMILES string of the molecule is CNC(=S)NN=C(C)C(C)=NNC(=S)NCC(F)(F)F. The second kappa shape index (κ2) is 8.64. The molecule has 0 atom stereocenters. The van der Waals surface area contributed by atoms with E-state index in [2.05, 4.69) is 38.6 Å². The Morgan fingerprint density at radius 2 is 1.45 bits per heavy atom. The van der Waals surface area contributed by atoms with Crippen molar-refractivity contribution >= 4 is 46.1 Å². The quantitative estimate of drug-likeness (QED) is 0.349. The van der Waals surface area contributed by atoms with E-state index in [1.807, 2.05) is 5.32 Å². The van der Waals surface area contributed by atoms with Gasteiger partial charge >= 0.3 is 6.18 Å². The monoisotopic (exact) mass is 328 g/mol. The summed E-state index contributed by atoms with van der Waals surface area (Å²) in [4.78, 5) is 0. The van der Waals surface area contributed by atoms with Gasteiger partial charge in [-0.2, -0.15) is 23.4 Å². The third-order valence-electron chi connectivity index (χ3n) is 1.85. The van der Waals surface area contributed by atoms with Gasteiger partial charge in [0.15, 0.2) is 10.2 Å². The Kier molecular flexibility index (Phi) is 7.99. The minimum atomic E-state index is -4.34. The zero-order chi connectivity index (χ0) is 15.8. The van der Waals surface area contributed by atoms with Crippen LogP contribution < -0.4 is 21.5 Å². The fraction of sp³-hybridized carbons (Fsp3) is 0.556. The molecule has 0 aliphatic carbocycles. The average Bonchev–Trinajstić information content (AvgIpc) is 2.38. The molecule has 0 bridgehead atoms. The van der Waals surface area contributed by atoms with Crippen molar-refractivity contribution in [3.8, 4) is 0 Å². The Morgan fingerprint density at radius 1 is 1.00 bits per heavy atom. The standard InChI is InChI=1S/C9H15F3N6S2/c1-5(15-17-7(19)13-3)6(2)16-18-8(20)14-4-9(10,11)12/h4H2,1-3H3,(H2,13,17,19)(H2,14,18,20). The summed E-state index contributed by atoms with van der Waals surface area (Å²) in [5.41, 5.74) is 5.77. The molecule has 0 saturated heterocycles. The van der Waals surface area contributed by atoms with Crippen LogP contribution in [-0.4, -0.2) is 41.4 Å². The first-order valence-electron chi connectivity index (χ1n) is 5.33. The molecule has 0 rings (SSSR count). The van der Waals surface area contributed by atoms with Crippen LogP contribution in [0.15, 0.2) is 10.2 Å². The molecule has 0 radical (unpaired) electrons. The molecule has 20 heavy (non-hydrogen) atoms. The third-order valence-corrected chi connectivity index (χ3v) is 2.38. The summed E-state index contributed by atoms with van der Waals surface area (Å²) in [7, 11) is 1.63. The lowest BCUT2D eigenvalue weighted by molar-refractivity contribution is -0.122. The maximum absolute atomic E-state index is 11.9. The molecule has 0 aliphatic rings. The molecule has 0 saturated carbocycles. The first-order chi connectivity index (χ1) is 9.15. The van der Waals surface area contributed by atoms with Gasteiger partial charge in [-0.15, -0.1) is 0 Å². The van der Waals surface area contributed by atoms with E-state index in [-0.39, 0.29) is 5.11 Å². The highest BCUT2D eigenvalue weighted by molar-refractivity contribution is 7.80. The Morgan fingerprint density at radius 3 is 1.85 bits per heavy atom. The topological polar surface area (TPSA) is 72.8 Å². The first-order valence-corrected chi connectivity index (χ1v) is 6.14. The van der Waals surface area contributed by atoms with Gasteiger partial charge in [-0.25, -0.2) is 0 Å². The van der Waals surface area contributed by atoms with Crippen LogP contribution in [0, 0.1) is 0 Å². The van der Waals surface area contributed by atoms with Crippen molar-refractivity contribution in [2.24, 2.45) is 10.2 Å². The van der Waals surface area contributed by atoms with E-state index in [0.29, 0.717) is 16.5 Å². The molecule has 0 aliphatic heterocycles. The molecular formula is C9H15F3N6S2. The number of alkyl halides is 3. The van der Waals surface area contributed by atoms with Crippen LogP contribution in [0.1, 0.15) is 13.8 Å². The van der Waals surface area contributed by atoms with Crippen molar-refractivity contribution in [2.75, 3.05) is 13.6 Å². The van der Waals surface area contributed by atoms with Crippen molar-refractivity contribution in [1.29, 1.82) is 0 Å². The Labute approximate surface area is 125 Å². The molecule has 0 spiro atoms. The van der Waals surface area contributed by atoms with Crippen LogP contribution >= 0.6 is 24.4 Å². The predicted octanol–water partition coefficient (Wildman–Crippen LogP) is 0.858. The predicted molar refractivity (Wildman–Crippen MR) is 80.8 cm³/mol. The number of hydrogen-bond donors (Lipinski definition) is 4. The van der Waals surface area contributed by atoms with E-state index in [1.54, 1.807) is 20.9 Å². The largest absolute Gasteiger partial charge is 0.405 e. The van der Waals surface area contributed by atoms with E-state index in [0.717, 1.165) is 0 Å². The molecular weight excluding hydrogens is 313 g/mol. The summed E-state index contributed by atoms with van der Waals surface area (Å²) >= 11 is 9.45. The van der Waals surface area contributed by atoms with Gasteiger partial charge in [0.25, 0.3) is 0 Å². The molecule has 0 aromatic carbocycles. The molecule has 4 N–H and O–H groups in total. The number of rotatable bonds is 4. The fourth-order valence-electron chi connectivity index (χ4n) is 0.707. The minimum absolute atomic E-state index is 0.229. The molecule has 0 amide bonds. The highest BCUT2D eigenvalue weighted by atomic mass is 32.1. The van der Waals surface area contributed by atoms with Gasteiger partial charge in [-0.1, -0.05) is 0 Å². The molecule has 114 valence electrons. The summed E-state index contributed by atoms with van der Waals surface area (Å²) in [5, 5.41) is 12.4. The molecule has 0 fully saturated rings. The van der Waals surface area contributed by atoms with Gasteiger partial charge in [-0.05, 0) is 38.3 Å². The van der Waals surface area contributed by atoms with E-state index in [9.17, 15) is 13.2 Å². The smallest absolute Gasteiger partial charge is 0.364 e. The molecule has 11 heteroatoms. The second-order valence-corrected chi connectivity index (χ2v) is 4.31. The summed E-state index contributed by atoms with van der Waals surface area (Å²) in [6.45, 7) is 2.04. The Hall–Kier alpha value is -1.49. The second-order valence-electron chi connectivity index (χ2n) is 3.50. The van der Waals surface area contributed by atoms with E-state index in [4.69, 9.17) is 12.2 Å². The van der Waals surface area contributed by atoms with Crippen molar-refractivity contribution in [2.45, 2.75) is 20.0 Å². The van der Waals surface area contributed by atoms with Crippen molar-refractivity contribution < 1.29 is 13.2 Å². The minimum Gasteiger partial charge on any atom is -0.364 e. The van der Waals surface area contributed by atoms with Crippen LogP contribution in [0.25, 0.3) is 0 Å². The number of thiocarbonyl (C=S) groups is 2. The maximum atomic E-state index is 11.9. The summed E-state index contributed by atoms with van der Waals surface area (Å²) in [5.74, 6) is 0. The number of hydrogen-bond acceptors (Lipinski definition) is 4. The Bertz CT molecular complexity index is 418. The van der Waals surface area contributed by atoms with Crippen LogP contribution in [0.3, 0.4) is 0 Å². The lowest BCUT2D eigenvalue weighted by Crippen LogP contribution is -2.39. The van der Waals surface area contributed by atoms with Gasteiger partial charge in [0, 0.05) is 7.05 Å². The van der Waals surface area contributed by atoms with Crippen LogP contribution in [0.5, 0.6) is 0 Å². The van der Waals surface area contributed by atoms with Crippen molar-refractivity contribution in [1.82, 2.24) is 21.5 Å². The first kappa shape index (κ1) is 18.5. The molecule has 0 heterocycles. The normalized spacial score (nSPS) is 12.7. The summed E-state index contributed by atoms with van der Waals surface area (Å²) < 4.78 is 35.8. The molecule has 0 aromatic heterocycles. The van der Waals surface area contributed by atoms with Crippen LogP contribution in [0.4, 0.5) is 13.2 Å². The van der Waals surface area contributed by atoms with E-state index >= 15 is 0 Å². The van der Waals surface area contributed by atoms with E-state index in [1.165, 1.54) is 0 Å². The van der Waals surface area contributed by atoms with Gasteiger partial charge in [0.1, 0.15) is 6.54 Å².